The fourth-order valence-corrected chi connectivity index (χ4v) is 3.74. The molecular weight excluding hydrogens is 408 g/mol. The molecule has 0 bridgehead atoms. The van der Waals surface area contributed by atoms with E-state index in [9.17, 15) is 19.2 Å². The number of carbonyl (C=O) groups excluding carboxylic acids is 4. The van der Waals surface area contributed by atoms with E-state index in [1.54, 1.807) is 6.92 Å². The first kappa shape index (κ1) is 30.1. The lowest BCUT2D eigenvalue weighted by molar-refractivity contribution is -0.145. The largest absolute Gasteiger partial charge is 0.469 e. The molecule has 7 heteroatoms. The summed E-state index contributed by atoms with van der Waals surface area (Å²) in [5.74, 6) is -1.68. The van der Waals surface area contributed by atoms with Crippen LogP contribution >= 0.6 is 0 Å². The third-order valence-corrected chi connectivity index (χ3v) is 5.80. The number of methoxy groups -OCH3 is 1. The number of ketones is 1. The number of nitrogens with one attached hydrogen (secondary N) is 1. The summed E-state index contributed by atoms with van der Waals surface area (Å²) >= 11 is 0. The van der Waals surface area contributed by atoms with Crippen molar-refractivity contribution in [2.45, 2.75) is 123 Å². The van der Waals surface area contributed by atoms with E-state index in [-0.39, 0.29) is 36.4 Å². The van der Waals surface area contributed by atoms with E-state index in [1.165, 1.54) is 58.5 Å². The Morgan fingerprint density at radius 2 is 1.34 bits per heavy atom. The highest BCUT2D eigenvalue weighted by molar-refractivity contribution is 5.92. The first-order valence-electron chi connectivity index (χ1n) is 12.5. The second-order valence-corrected chi connectivity index (χ2v) is 8.86. The molecule has 2 amide bonds. The van der Waals surface area contributed by atoms with Gasteiger partial charge < -0.3 is 15.8 Å². The monoisotopic (exact) mass is 454 g/mol. The van der Waals surface area contributed by atoms with Gasteiger partial charge in [0.15, 0.2) is 5.78 Å². The van der Waals surface area contributed by atoms with E-state index < -0.39 is 11.9 Å². The second-order valence-electron chi connectivity index (χ2n) is 8.86. The van der Waals surface area contributed by atoms with Crippen LogP contribution in [0.15, 0.2) is 0 Å². The van der Waals surface area contributed by atoms with Crippen molar-refractivity contribution in [3.05, 3.63) is 0 Å². The maximum Gasteiger partial charge on any atom is 0.308 e. The quantitative estimate of drug-likeness (QED) is 0.194. The highest BCUT2D eigenvalue weighted by atomic mass is 16.5. The molecule has 0 unspecified atom stereocenters. The molecule has 0 saturated heterocycles. The van der Waals surface area contributed by atoms with E-state index >= 15 is 0 Å². The van der Waals surface area contributed by atoms with Crippen molar-refractivity contribution in [3.63, 3.8) is 0 Å². The average molecular weight is 455 g/mol. The fourth-order valence-electron chi connectivity index (χ4n) is 3.74. The summed E-state index contributed by atoms with van der Waals surface area (Å²) in [6.07, 6.45) is 14.6. The van der Waals surface area contributed by atoms with Gasteiger partial charge in [0.05, 0.1) is 25.5 Å². The van der Waals surface area contributed by atoms with Gasteiger partial charge in [0.25, 0.3) is 0 Å². The number of unbranched alkanes of at least 4 members (excludes halogenated alkanes) is 10. The van der Waals surface area contributed by atoms with Crippen molar-refractivity contribution < 1.29 is 23.9 Å². The Morgan fingerprint density at radius 3 is 1.84 bits per heavy atom. The molecule has 0 heterocycles. The van der Waals surface area contributed by atoms with Gasteiger partial charge in [-0.1, -0.05) is 78.1 Å². The van der Waals surface area contributed by atoms with E-state index in [1.807, 2.05) is 0 Å². The summed E-state index contributed by atoms with van der Waals surface area (Å²) in [5.41, 5.74) is 5.25. The average Bonchev–Trinajstić information content (AvgIpc) is 2.75. The molecule has 0 aromatic carbocycles. The summed E-state index contributed by atoms with van der Waals surface area (Å²) < 4.78 is 4.67. The van der Waals surface area contributed by atoms with E-state index in [0.29, 0.717) is 19.3 Å². The lowest BCUT2D eigenvalue weighted by atomic mass is 9.98. The Bertz CT molecular complexity index is 550. The van der Waals surface area contributed by atoms with Gasteiger partial charge in [0, 0.05) is 12.8 Å². The number of nitrogens with two attached hydrogens (primary N) is 1. The minimum absolute atomic E-state index is 0.179. The predicted octanol–water partition coefficient (Wildman–Crippen LogP) is 4.60. The van der Waals surface area contributed by atoms with Crippen LogP contribution in [0.25, 0.3) is 0 Å². The van der Waals surface area contributed by atoms with E-state index in [0.717, 1.165) is 19.3 Å². The first-order chi connectivity index (χ1) is 15.3. The Kier molecular flexibility index (Phi) is 18.6. The number of esters is 1. The Hall–Kier alpha value is -1.92. The number of ether oxygens (including phenoxy) is 1. The molecule has 2 atom stereocenters. The van der Waals surface area contributed by atoms with Crippen LogP contribution in [0.4, 0.5) is 0 Å². The normalized spacial score (nSPS) is 12.7. The standard InChI is InChI=1S/C25H46N2O5/c1-4-5-6-7-8-9-10-11-12-13-14-18-24(30)27-21(19-23(26)29)22(28)17-15-16-20(2)25(31)32-3/h20-21H,4-19H2,1-3H3,(H2,26,29)(H,27,30)/t20-,21-/m1/s1. The van der Waals surface area contributed by atoms with Crippen LogP contribution in [0.3, 0.4) is 0 Å². The fraction of sp³-hybridized carbons (Fsp3) is 0.840. The highest BCUT2D eigenvalue weighted by Gasteiger charge is 2.23. The van der Waals surface area contributed by atoms with Crippen LogP contribution in [0.5, 0.6) is 0 Å². The molecule has 186 valence electrons. The first-order valence-corrected chi connectivity index (χ1v) is 12.5. The maximum atomic E-state index is 12.5. The Labute approximate surface area is 194 Å². The minimum atomic E-state index is -0.888. The van der Waals surface area contributed by atoms with Crippen molar-refractivity contribution in [3.8, 4) is 0 Å². The van der Waals surface area contributed by atoms with Gasteiger partial charge in [0.1, 0.15) is 0 Å². The topological polar surface area (TPSA) is 116 Å². The second kappa shape index (κ2) is 19.7. The molecule has 0 spiro atoms. The lowest BCUT2D eigenvalue weighted by Gasteiger charge is -2.17. The number of amides is 2. The highest BCUT2D eigenvalue weighted by Crippen LogP contribution is 2.13. The Balaban J connectivity index is 4.06. The maximum absolute atomic E-state index is 12.5. The van der Waals surface area contributed by atoms with Crippen LogP contribution in [0, 0.1) is 5.92 Å². The molecule has 0 aliphatic rings. The molecule has 0 aromatic rings. The van der Waals surface area contributed by atoms with Crippen LogP contribution < -0.4 is 11.1 Å². The molecule has 0 aromatic heterocycles. The van der Waals surface area contributed by atoms with Crippen LogP contribution in [0.2, 0.25) is 0 Å². The van der Waals surface area contributed by atoms with Gasteiger partial charge in [0.2, 0.25) is 11.8 Å². The number of hydrogen-bond donors (Lipinski definition) is 2. The van der Waals surface area contributed by atoms with Crippen molar-refractivity contribution >= 4 is 23.6 Å². The summed E-state index contributed by atoms with van der Waals surface area (Å²) in [5, 5.41) is 2.67. The molecular formula is C25H46N2O5. The Morgan fingerprint density at radius 1 is 0.812 bits per heavy atom. The number of rotatable bonds is 21. The van der Waals surface area contributed by atoms with Crippen LogP contribution in [-0.2, 0) is 23.9 Å². The van der Waals surface area contributed by atoms with Crippen molar-refractivity contribution in [2.24, 2.45) is 11.7 Å². The van der Waals surface area contributed by atoms with Crippen molar-refractivity contribution in [2.75, 3.05) is 7.11 Å². The summed E-state index contributed by atoms with van der Waals surface area (Å²) in [7, 11) is 1.33. The molecule has 0 saturated carbocycles. The van der Waals surface area contributed by atoms with Gasteiger partial charge in [-0.2, -0.15) is 0 Å². The molecule has 3 N–H and O–H groups in total. The zero-order valence-corrected chi connectivity index (χ0v) is 20.6. The molecule has 0 aliphatic heterocycles. The summed E-state index contributed by atoms with van der Waals surface area (Å²) in [6.45, 7) is 3.97. The van der Waals surface area contributed by atoms with E-state index in [4.69, 9.17) is 5.73 Å². The molecule has 32 heavy (non-hydrogen) atoms. The van der Waals surface area contributed by atoms with Gasteiger partial charge >= 0.3 is 5.97 Å². The van der Waals surface area contributed by atoms with E-state index in [2.05, 4.69) is 17.0 Å². The number of carbonyl (C=O) groups is 4. The minimum Gasteiger partial charge on any atom is -0.469 e. The number of Topliss-reactive ketones (excluding diaryl/α,β-unsaturated/α-hetero) is 1. The zero-order valence-electron chi connectivity index (χ0n) is 20.6. The van der Waals surface area contributed by atoms with Crippen LogP contribution in [0.1, 0.15) is 117 Å². The van der Waals surface area contributed by atoms with Crippen molar-refractivity contribution in [1.29, 1.82) is 0 Å². The van der Waals surface area contributed by atoms with Crippen LogP contribution in [-0.4, -0.2) is 36.7 Å². The van der Waals surface area contributed by atoms with Crippen molar-refractivity contribution in [1.82, 2.24) is 5.32 Å². The number of primary amides is 1. The van der Waals surface area contributed by atoms with Gasteiger partial charge in [-0.25, -0.2) is 0 Å². The molecule has 0 radical (unpaired) electrons. The predicted molar refractivity (Wildman–Crippen MR) is 127 cm³/mol. The summed E-state index contributed by atoms with van der Waals surface area (Å²) in [4.78, 5) is 47.4. The molecule has 7 nitrogen and oxygen atoms in total. The summed E-state index contributed by atoms with van der Waals surface area (Å²) in [6, 6.07) is -0.888. The third kappa shape index (κ3) is 16.7. The van der Waals surface area contributed by atoms with Gasteiger partial charge in [-0.3, -0.25) is 19.2 Å². The smallest absolute Gasteiger partial charge is 0.308 e. The molecule has 0 fully saturated rings. The lowest BCUT2D eigenvalue weighted by Crippen LogP contribution is -2.43. The molecule has 0 aliphatic carbocycles. The van der Waals surface area contributed by atoms with Gasteiger partial charge in [-0.15, -0.1) is 0 Å². The SMILES string of the molecule is CCCCCCCCCCCCCC(=O)N[C@H](CC(N)=O)C(=O)CCC[C@@H](C)C(=O)OC. The zero-order chi connectivity index (χ0) is 24.2. The number of hydrogen-bond acceptors (Lipinski definition) is 5. The third-order valence-electron chi connectivity index (χ3n) is 5.80. The van der Waals surface area contributed by atoms with Gasteiger partial charge in [-0.05, 0) is 19.3 Å². The molecule has 0 rings (SSSR count).